The summed E-state index contributed by atoms with van der Waals surface area (Å²) in [5.41, 5.74) is 5.42. The van der Waals surface area contributed by atoms with Crippen molar-refractivity contribution in [3.63, 3.8) is 0 Å². The molecule has 0 saturated heterocycles. The summed E-state index contributed by atoms with van der Waals surface area (Å²) in [5, 5.41) is 0. The van der Waals surface area contributed by atoms with Gasteiger partial charge in [-0.2, -0.15) is 26.3 Å². The molecule has 0 atom stereocenters. The quantitative estimate of drug-likeness (QED) is 0.130. The van der Waals surface area contributed by atoms with Crippen LogP contribution in [0.3, 0.4) is 0 Å². The van der Waals surface area contributed by atoms with Gasteiger partial charge >= 0.3 is 12.2 Å². The molecule has 2 aliphatic carbocycles. The number of alkyl halides is 4. The van der Waals surface area contributed by atoms with Gasteiger partial charge in [-0.25, -0.2) is 0 Å². The Labute approximate surface area is 319 Å². The molecule has 3 aromatic carbocycles. The van der Waals surface area contributed by atoms with Gasteiger partial charge in [0.15, 0.2) is 0 Å². The van der Waals surface area contributed by atoms with Crippen LogP contribution < -0.4 is 9.47 Å². The lowest BCUT2D eigenvalue weighted by molar-refractivity contribution is -0.223. The molecule has 2 fully saturated rings. The van der Waals surface area contributed by atoms with Crippen LogP contribution in [0.1, 0.15) is 65.2 Å². The van der Waals surface area contributed by atoms with E-state index in [9.17, 15) is 17.6 Å². The van der Waals surface area contributed by atoms with E-state index in [1.807, 2.05) is 36.4 Å². The van der Waals surface area contributed by atoms with E-state index >= 15 is 0 Å². The second kappa shape index (κ2) is 14.8. The zero-order valence-corrected chi connectivity index (χ0v) is 31.9. The molecular formula is C42H40F4N2O2S3. The van der Waals surface area contributed by atoms with Crippen molar-refractivity contribution in [1.29, 1.82) is 0 Å². The molecule has 2 aliphatic rings. The topological polar surface area (TPSA) is 44.2 Å². The van der Waals surface area contributed by atoms with E-state index < -0.39 is 24.1 Å². The Morgan fingerprint density at radius 1 is 0.491 bits per heavy atom. The van der Waals surface area contributed by atoms with Crippen molar-refractivity contribution in [1.82, 2.24) is 8.75 Å². The first kappa shape index (κ1) is 36.2. The zero-order valence-electron chi connectivity index (χ0n) is 29.5. The van der Waals surface area contributed by atoms with Gasteiger partial charge in [0.2, 0.25) is 0 Å². The SMILES string of the molecule is C[C@H]1CC[C@H](C(F)(F)Oc2ccc(-c3ccc(-c4ccc(-c5ccc(-c6ccc(OC(F)(F)[C@H]7CC[C@H](C)CC7)cc6)s5)c5nsnc45)s3)cc2)CC1. The van der Waals surface area contributed by atoms with Crippen LogP contribution in [0.25, 0.3) is 52.8 Å². The molecule has 0 N–H and O–H groups in total. The maximum Gasteiger partial charge on any atom is 0.400 e. The van der Waals surface area contributed by atoms with E-state index in [4.69, 9.17) is 9.47 Å². The van der Waals surface area contributed by atoms with Crippen LogP contribution in [0.5, 0.6) is 11.5 Å². The molecule has 3 heterocycles. The average Bonchev–Trinajstić information content (AvgIpc) is 3.94. The Morgan fingerprint density at radius 3 is 1.23 bits per heavy atom. The molecule has 0 unspecified atom stereocenters. The van der Waals surface area contributed by atoms with Crippen molar-refractivity contribution in [2.75, 3.05) is 0 Å². The van der Waals surface area contributed by atoms with Crippen molar-refractivity contribution in [3.05, 3.63) is 84.9 Å². The van der Waals surface area contributed by atoms with Gasteiger partial charge in [-0.3, -0.25) is 0 Å². The fourth-order valence-corrected chi connectivity index (χ4v) is 10.2. The Morgan fingerprint density at radius 2 is 0.849 bits per heavy atom. The maximum atomic E-state index is 14.9. The van der Waals surface area contributed by atoms with Gasteiger partial charge in [-0.1, -0.05) is 51.7 Å². The summed E-state index contributed by atoms with van der Waals surface area (Å²) in [6.07, 6.45) is -1.18. The zero-order chi connectivity index (χ0) is 36.7. The second-order valence-electron chi connectivity index (χ2n) is 14.7. The van der Waals surface area contributed by atoms with Gasteiger partial charge in [0, 0.05) is 30.6 Å². The highest BCUT2D eigenvalue weighted by molar-refractivity contribution is 7.19. The van der Waals surface area contributed by atoms with Crippen LogP contribution in [0.2, 0.25) is 0 Å². The summed E-state index contributed by atoms with van der Waals surface area (Å²) in [7, 11) is 0. The lowest BCUT2D eigenvalue weighted by Gasteiger charge is -2.32. The second-order valence-corrected chi connectivity index (χ2v) is 17.4. The fraction of sp³-hybridized carbons (Fsp3) is 0.381. The number of halogens is 4. The van der Waals surface area contributed by atoms with E-state index in [1.165, 1.54) is 11.7 Å². The van der Waals surface area contributed by atoms with Crippen LogP contribution in [-0.4, -0.2) is 21.0 Å². The van der Waals surface area contributed by atoms with Gasteiger partial charge in [0.05, 0.1) is 23.6 Å². The summed E-state index contributed by atoms with van der Waals surface area (Å²) in [4.78, 5) is 4.07. The Hall–Kier alpha value is -3.80. The normalized spacial score (nSPS) is 21.2. The van der Waals surface area contributed by atoms with Crippen LogP contribution in [-0.2, 0) is 0 Å². The number of ether oxygens (including phenoxy) is 2. The summed E-state index contributed by atoms with van der Waals surface area (Å²) in [5.74, 6) is -0.165. The lowest BCUT2D eigenvalue weighted by atomic mass is 9.82. The first-order chi connectivity index (χ1) is 25.5. The van der Waals surface area contributed by atoms with Crippen molar-refractivity contribution in [2.45, 2.75) is 77.4 Å². The highest BCUT2D eigenvalue weighted by atomic mass is 32.1. The highest BCUT2D eigenvalue weighted by Crippen LogP contribution is 2.45. The first-order valence-corrected chi connectivity index (χ1v) is 20.7. The minimum atomic E-state index is -3.18. The molecule has 0 amide bonds. The third kappa shape index (κ3) is 7.75. The fourth-order valence-electron chi connectivity index (χ4n) is 7.59. The molecule has 0 spiro atoms. The standard InChI is InChI=1S/C42H40F4N2O2S3/c1-25-3-11-29(12-4-25)41(43,44)49-31-15-7-27(8-16-31)35-21-23-37(51-35)33-19-20-34(40-39(33)47-53-48-40)38-24-22-36(52-38)28-9-17-32(18-10-28)50-42(45,46)30-13-5-26(2)6-14-30/h7-10,15-26,29-30H,3-6,11-14H2,1-2H3/t25-,26-,29-,30-. The lowest BCUT2D eigenvalue weighted by Crippen LogP contribution is -2.36. The molecular weight excluding hydrogens is 737 g/mol. The van der Waals surface area contributed by atoms with Crippen LogP contribution in [0.4, 0.5) is 17.6 Å². The van der Waals surface area contributed by atoms with Crippen LogP contribution in [0.15, 0.2) is 84.9 Å². The van der Waals surface area contributed by atoms with Crippen molar-refractivity contribution in [2.24, 2.45) is 23.7 Å². The smallest absolute Gasteiger partial charge is 0.400 e. The molecule has 276 valence electrons. The molecule has 0 aliphatic heterocycles. The predicted octanol–water partition coefficient (Wildman–Crippen LogP) is 14.1. The Kier molecular flexibility index (Phi) is 10.1. The summed E-state index contributed by atoms with van der Waals surface area (Å²) in [6, 6.07) is 26.1. The average molecular weight is 777 g/mol. The summed E-state index contributed by atoms with van der Waals surface area (Å²) >= 11 is 4.38. The first-order valence-electron chi connectivity index (χ1n) is 18.3. The van der Waals surface area contributed by atoms with Gasteiger partial charge in [-0.15, -0.1) is 22.7 Å². The third-order valence-electron chi connectivity index (χ3n) is 10.9. The number of hydrogen-bond acceptors (Lipinski definition) is 7. The maximum absolute atomic E-state index is 14.9. The van der Waals surface area contributed by atoms with E-state index in [2.05, 4.69) is 46.9 Å². The molecule has 6 aromatic rings. The van der Waals surface area contributed by atoms with E-state index in [0.29, 0.717) is 37.5 Å². The van der Waals surface area contributed by atoms with Crippen LogP contribution >= 0.6 is 34.4 Å². The number of thiophene rings is 2. The van der Waals surface area contributed by atoms with Crippen LogP contribution in [0, 0.1) is 23.7 Å². The van der Waals surface area contributed by atoms with Crippen molar-refractivity contribution < 1.29 is 27.0 Å². The summed E-state index contributed by atoms with van der Waals surface area (Å²) < 4.78 is 79.5. The molecule has 53 heavy (non-hydrogen) atoms. The number of nitrogens with zero attached hydrogens (tertiary/aromatic N) is 2. The molecule has 3 aromatic heterocycles. The largest absolute Gasteiger partial charge is 0.432 e. The molecule has 2 saturated carbocycles. The molecule has 8 rings (SSSR count). The minimum absolute atomic E-state index is 0.173. The van der Waals surface area contributed by atoms with E-state index in [1.54, 1.807) is 46.9 Å². The van der Waals surface area contributed by atoms with E-state index in [-0.39, 0.29) is 11.5 Å². The molecule has 0 bridgehead atoms. The Bertz CT molecular complexity index is 2010. The van der Waals surface area contributed by atoms with Crippen molar-refractivity contribution >= 4 is 45.4 Å². The molecule has 4 nitrogen and oxygen atoms in total. The van der Waals surface area contributed by atoms with Gasteiger partial charge in [0.25, 0.3) is 0 Å². The molecule has 0 radical (unpaired) electrons. The summed E-state index contributed by atoms with van der Waals surface area (Å²) in [6.45, 7) is 4.23. The number of fused-ring (bicyclic) bond motifs is 1. The van der Waals surface area contributed by atoms with E-state index in [0.717, 1.165) is 78.5 Å². The van der Waals surface area contributed by atoms with Gasteiger partial charge in [0.1, 0.15) is 22.5 Å². The predicted molar refractivity (Wildman–Crippen MR) is 208 cm³/mol. The number of hydrogen-bond donors (Lipinski definition) is 0. The monoisotopic (exact) mass is 776 g/mol. The number of aromatic nitrogens is 2. The van der Waals surface area contributed by atoms with Gasteiger partial charge in [-0.05, 0) is 121 Å². The highest BCUT2D eigenvalue weighted by Gasteiger charge is 2.44. The number of benzene rings is 3. The minimum Gasteiger partial charge on any atom is -0.432 e. The van der Waals surface area contributed by atoms with Gasteiger partial charge < -0.3 is 9.47 Å². The number of rotatable bonds is 10. The third-order valence-corrected chi connectivity index (χ3v) is 13.8. The Balaban J connectivity index is 0.953. The molecule has 11 heteroatoms. The van der Waals surface area contributed by atoms with Crippen molar-refractivity contribution in [3.8, 4) is 53.3 Å².